The van der Waals surface area contributed by atoms with Crippen molar-refractivity contribution in [3.05, 3.63) is 51.0 Å². The molecule has 0 radical (unpaired) electrons. The van der Waals surface area contributed by atoms with Crippen molar-refractivity contribution in [1.82, 2.24) is 0 Å². The highest BCUT2D eigenvalue weighted by Gasteiger charge is 2.17. The van der Waals surface area contributed by atoms with Crippen molar-refractivity contribution in [3.63, 3.8) is 0 Å². The van der Waals surface area contributed by atoms with Crippen LogP contribution >= 0.6 is 34.8 Å². The maximum atomic E-state index is 12.3. The predicted octanol–water partition coefficient (Wildman–Crippen LogP) is 3.32. The van der Waals surface area contributed by atoms with E-state index in [0.29, 0.717) is 38.8 Å². The van der Waals surface area contributed by atoms with Crippen LogP contribution < -0.4 is 19.7 Å². The average Bonchev–Trinajstić information content (AvgIpc) is 2.58. The van der Waals surface area contributed by atoms with Gasteiger partial charge in [-0.2, -0.15) is 0 Å². The summed E-state index contributed by atoms with van der Waals surface area (Å²) in [6.07, 6.45) is 0. The summed E-state index contributed by atoms with van der Waals surface area (Å²) in [6, 6.07) is 8.66. The first-order valence-electron chi connectivity index (χ1n) is 7.80. The summed E-state index contributed by atoms with van der Waals surface area (Å²) >= 11 is 18.1. The Labute approximate surface area is 167 Å². The highest BCUT2D eigenvalue weighted by molar-refractivity contribution is 6.42. The normalized spacial score (nSPS) is 11.8. The van der Waals surface area contributed by atoms with Crippen LogP contribution in [0.1, 0.15) is 5.56 Å². The third kappa shape index (κ3) is 5.42. The SMILES string of the molecule is COc1ccc(C[NH+](C)CC(=O)Nc2c(Cl)cc(Cl)cc2Cl)c(OC)c1. The Morgan fingerprint density at radius 2 is 1.73 bits per heavy atom. The van der Waals surface area contributed by atoms with Gasteiger partial charge >= 0.3 is 0 Å². The number of halogens is 3. The van der Waals surface area contributed by atoms with Gasteiger partial charge in [-0.1, -0.05) is 34.8 Å². The van der Waals surface area contributed by atoms with Gasteiger partial charge in [-0.05, 0) is 24.3 Å². The molecule has 1 atom stereocenters. The monoisotopic (exact) mass is 417 g/mol. The van der Waals surface area contributed by atoms with E-state index < -0.39 is 0 Å². The molecule has 2 N–H and O–H groups in total. The number of benzene rings is 2. The van der Waals surface area contributed by atoms with E-state index in [4.69, 9.17) is 44.3 Å². The molecule has 0 aliphatic heterocycles. The van der Waals surface area contributed by atoms with Gasteiger partial charge in [0.25, 0.3) is 5.91 Å². The topological polar surface area (TPSA) is 52.0 Å². The van der Waals surface area contributed by atoms with E-state index in [1.807, 2.05) is 25.2 Å². The summed E-state index contributed by atoms with van der Waals surface area (Å²) in [5.41, 5.74) is 1.33. The highest BCUT2D eigenvalue weighted by Crippen LogP contribution is 2.33. The van der Waals surface area contributed by atoms with Crippen LogP contribution in [0.2, 0.25) is 15.1 Å². The van der Waals surface area contributed by atoms with Gasteiger partial charge in [0.2, 0.25) is 0 Å². The number of hydrogen-bond donors (Lipinski definition) is 2. The van der Waals surface area contributed by atoms with Crippen molar-refractivity contribution in [2.45, 2.75) is 6.54 Å². The molecule has 0 spiro atoms. The van der Waals surface area contributed by atoms with Crippen molar-refractivity contribution in [2.75, 3.05) is 33.1 Å². The number of nitrogens with one attached hydrogen (secondary N) is 2. The minimum Gasteiger partial charge on any atom is -0.497 e. The average molecular weight is 419 g/mol. The number of carbonyl (C=O) groups excluding carboxylic acids is 1. The van der Waals surface area contributed by atoms with Gasteiger partial charge in [-0.15, -0.1) is 0 Å². The fourth-order valence-electron chi connectivity index (χ4n) is 2.50. The van der Waals surface area contributed by atoms with Gasteiger partial charge < -0.3 is 19.7 Å². The number of methoxy groups -OCH3 is 2. The Hall–Kier alpha value is -1.66. The van der Waals surface area contributed by atoms with E-state index in [-0.39, 0.29) is 12.5 Å². The van der Waals surface area contributed by atoms with Crippen LogP contribution in [0.3, 0.4) is 0 Å². The van der Waals surface area contributed by atoms with Crippen LogP contribution in [-0.2, 0) is 11.3 Å². The maximum absolute atomic E-state index is 12.3. The van der Waals surface area contributed by atoms with Crippen LogP contribution in [0.4, 0.5) is 5.69 Å². The summed E-state index contributed by atoms with van der Waals surface area (Å²) < 4.78 is 10.6. The smallest absolute Gasteiger partial charge is 0.279 e. The Bertz CT molecular complexity index is 776. The first-order valence-corrected chi connectivity index (χ1v) is 8.94. The second-order valence-corrected chi connectivity index (χ2v) is 7.03. The summed E-state index contributed by atoms with van der Waals surface area (Å²) in [5, 5.41) is 3.74. The number of likely N-dealkylation sites (N-methyl/N-ethyl adjacent to an activating group) is 1. The largest absolute Gasteiger partial charge is 0.497 e. The molecule has 0 saturated heterocycles. The zero-order chi connectivity index (χ0) is 19.3. The standard InChI is InChI=1S/C18H19Cl3N2O3/c1-23(9-11-4-5-13(25-2)8-16(11)26-3)10-17(24)22-18-14(20)6-12(19)7-15(18)21/h4-8H,9-10H2,1-3H3,(H,22,24)/p+1. The minimum absolute atomic E-state index is 0.207. The van der Waals surface area contributed by atoms with E-state index in [1.54, 1.807) is 14.2 Å². The lowest BCUT2D eigenvalue weighted by Crippen LogP contribution is -3.08. The van der Waals surface area contributed by atoms with Crippen molar-refractivity contribution in [2.24, 2.45) is 0 Å². The molecule has 1 unspecified atom stereocenters. The lowest BCUT2D eigenvalue weighted by atomic mass is 10.2. The molecule has 0 aromatic heterocycles. The third-order valence-electron chi connectivity index (χ3n) is 3.72. The number of hydrogen-bond acceptors (Lipinski definition) is 3. The Balaban J connectivity index is 2.02. The Morgan fingerprint density at radius 3 is 2.31 bits per heavy atom. The molecule has 2 aromatic carbocycles. The molecule has 5 nitrogen and oxygen atoms in total. The fourth-order valence-corrected chi connectivity index (χ4v) is 3.42. The fraction of sp³-hybridized carbons (Fsp3) is 0.278. The molecule has 26 heavy (non-hydrogen) atoms. The van der Waals surface area contributed by atoms with Crippen LogP contribution in [0.5, 0.6) is 11.5 Å². The molecule has 0 bridgehead atoms. The maximum Gasteiger partial charge on any atom is 0.279 e. The van der Waals surface area contributed by atoms with E-state index in [9.17, 15) is 4.79 Å². The van der Waals surface area contributed by atoms with Gasteiger partial charge in [0, 0.05) is 16.7 Å². The molecule has 1 amide bonds. The lowest BCUT2D eigenvalue weighted by molar-refractivity contribution is -0.885. The quantitative estimate of drug-likeness (QED) is 0.725. The van der Waals surface area contributed by atoms with Crippen molar-refractivity contribution >= 4 is 46.4 Å². The first kappa shape index (κ1) is 20.6. The van der Waals surface area contributed by atoms with Crippen LogP contribution in [-0.4, -0.2) is 33.7 Å². The second-order valence-electron chi connectivity index (χ2n) is 5.78. The molecule has 0 aliphatic carbocycles. The lowest BCUT2D eigenvalue weighted by Gasteiger charge is -2.17. The summed E-state index contributed by atoms with van der Waals surface area (Å²) in [5.74, 6) is 1.22. The van der Waals surface area contributed by atoms with Crippen molar-refractivity contribution in [1.29, 1.82) is 0 Å². The predicted molar refractivity (Wildman–Crippen MR) is 105 cm³/mol. The van der Waals surface area contributed by atoms with Crippen LogP contribution in [0.25, 0.3) is 0 Å². The minimum atomic E-state index is -0.207. The van der Waals surface area contributed by atoms with E-state index >= 15 is 0 Å². The zero-order valence-corrected chi connectivity index (χ0v) is 16.9. The van der Waals surface area contributed by atoms with Crippen molar-refractivity contribution < 1.29 is 19.2 Å². The van der Waals surface area contributed by atoms with Gasteiger partial charge in [0.1, 0.15) is 18.0 Å². The van der Waals surface area contributed by atoms with Crippen LogP contribution in [0, 0.1) is 0 Å². The third-order valence-corrected chi connectivity index (χ3v) is 4.53. The number of quaternary nitrogens is 1. The molecule has 0 aliphatic rings. The van der Waals surface area contributed by atoms with Gasteiger partial charge in [-0.25, -0.2) is 0 Å². The molecule has 0 saturated carbocycles. The molecule has 0 heterocycles. The van der Waals surface area contributed by atoms with Crippen molar-refractivity contribution in [3.8, 4) is 11.5 Å². The Kier molecular flexibility index (Phi) is 7.41. The molecular formula is C18H20Cl3N2O3+. The number of rotatable bonds is 7. The van der Waals surface area contributed by atoms with Gasteiger partial charge in [0.15, 0.2) is 6.54 Å². The number of ether oxygens (including phenoxy) is 2. The van der Waals surface area contributed by atoms with Crippen LogP contribution in [0.15, 0.2) is 30.3 Å². The van der Waals surface area contributed by atoms with E-state index in [0.717, 1.165) is 10.5 Å². The number of amides is 1. The molecule has 2 aromatic rings. The van der Waals surface area contributed by atoms with Gasteiger partial charge in [-0.3, -0.25) is 4.79 Å². The molecule has 8 heteroatoms. The summed E-state index contributed by atoms with van der Waals surface area (Å²) in [7, 11) is 5.11. The molecule has 2 rings (SSSR count). The van der Waals surface area contributed by atoms with Gasteiger partial charge in [0.05, 0.1) is 37.0 Å². The first-order chi connectivity index (χ1) is 12.3. The molecule has 0 fully saturated rings. The zero-order valence-electron chi connectivity index (χ0n) is 14.7. The second kappa shape index (κ2) is 9.33. The summed E-state index contributed by atoms with van der Waals surface area (Å²) in [6.45, 7) is 0.827. The molecule has 140 valence electrons. The molecular weight excluding hydrogens is 399 g/mol. The number of carbonyl (C=O) groups is 1. The number of anilines is 1. The van der Waals surface area contributed by atoms with E-state index in [2.05, 4.69) is 5.32 Å². The summed E-state index contributed by atoms with van der Waals surface area (Å²) in [4.78, 5) is 13.3. The highest BCUT2D eigenvalue weighted by atomic mass is 35.5. The Morgan fingerprint density at radius 1 is 1.08 bits per heavy atom. The van der Waals surface area contributed by atoms with E-state index in [1.165, 1.54) is 12.1 Å².